The lowest BCUT2D eigenvalue weighted by molar-refractivity contribution is -0.211. The summed E-state index contributed by atoms with van der Waals surface area (Å²) >= 11 is 0. The van der Waals surface area contributed by atoms with Crippen LogP contribution in [0, 0.1) is 38.9 Å². The van der Waals surface area contributed by atoms with Gasteiger partial charge in [0, 0.05) is 2.74 Å². The van der Waals surface area contributed by atoms with E-state index in [1.54, 1.807) is 62.7 Å². The van der Waals surface area contributed by atoms with Gasteiger partial charge >= 0.3 is 12.4 Å². The maximum Gasteiger partial charge on any atom is 0.394 e. The molecule has 0 N–H and O–H groups in total. The number of hydrogen-bond donors (Lipinski definition) is 0. The average Bonchev–Trinajstić information content (AvgIpc) is 0.765. The molecule has 6 heteroatoms. The molecule has 7 rings (SSSR count). The second-order valence-corrected chi connectivity index (χ2v) is 57.9. The van der Waals surface area contributed by atoms with Gasteiger partial charge in [-0.2, -0.15) is 26.3 Å². The molecule has 0 aromatic heterocycles. The van der Waals surface area contributed by atoms with Crippen LogP contribution in [0.1, 0.15) is 581 Å². The van der Waals surface area contributed by atoms with E-state index in [2.05, 4.69) is 417 Å². The first-order chi connectivity index (χ1) is 62.4. The van der Waals surface area contributed by atoms with Crippen molar-refractivity contribution in [1.29, 1.82) is 0 Å². The van der Waals surface area contributed by atoms with Crippen LogP contribution in [0.4, 0.5) is 26.3 Å². The summed E-state index contributed by atoms with van der Waals surface area (Å²) in [6.07, 6.45) is -3.39. The van der Waals surface area contributed by atoms with E-state index in [1.807, 2.05) is 66.7 Å². The Kier molecular flexibility index (Phi) is 47.8. The second kappa shape index (κ2) is 51.4. The Morgan fingerprint density at radius 1 is 0.223 bits per heavy atom. The van der Waals surface area contributed by atoms with Crippen LogP contribution >= 0.6 is 0 Å². The molecule has 0 saturated carbocycles. The second-order valence-electron chi connectivity index (χ2n) is 57.9. The predicted molar refractivity (Wildman–Crippen MR) is 612 cm³/mol. The van der Waals surface area contributed by atoms with Crippen LogP contribution in [0.25, 0.3) is 0 Å². The molecule has 0 amide bonds. The van der Waals surface area contributed by atoms with Crippen LogP contribution in [0.3, 0.4) is 0 Å². The van der Waals surface area contributed by atoms with E-state index < -0.39 is 40.4 Å². The standard InChI is InChI=1S/C20H28F6.C20H34.C19H32.2C18H30.2C16H26.C6H14/c1-16(2,3)15-13(11-17(4,5)19(21,22)23)9-8-10-14(15)12-18(6,7)20(24,25)26;1-18(2,3)13-15-11-10-12-16(14-19(4,5)6)17(15)20(7,8)9;1-12(2)15-10-16(13(3)4)18(19(7,8)9)17(11-15)14(5)6;1-16(2,3)13-11-10-12-14(17(4,5)6)15(13)18(7,8)9;1-13(2)11-15-9-8-10-16(12-14(3)4)17(15)18(5,6)7;2*1-11(2)13-9-8-10-14(12(3)4)15(13)16(5,6)7;1-5-6(2,3)4/h8-10H,11-12H2,1-7H3;10-12H,13-14H2,1-9H3;10-14H,1-9H3;10-12H,1-9H3;8-10,13-14H,11-12H2,1-7H3;2*8-12H,1-7H3;5H2,1-4H3/i;;;;;11D,12D;;. The molecular weight excluding hydrogens is 1710 g/mol. The Balaban J connectivity index is 0.00000161. The minimum Gasteiger partial charge on any atom is -0.171 e. The van der Waals surface area contributed by atoms with E-state index in [1.165, 1.54) is 63.8 Å². The van der Waals surface area contributed by atoms with Gasteiger partial charge < -0.3 is 0 Å². The smallest absolute Gasteiger partial charge is 0.171 e. The number of halogens is 6. The number of benzene rings is 7. The topological polar surface area (TPSA) is 0 Å². The van der Waals surface area contributed by atoms with Crippen molar-refractivity contribution in [3.63, 3.8) is 0 Å². The largest absolute Gasteiger partial charge is 0.394 e. The zero-order valence-corrected chi connectivity index (χ0v) is 102. The van der Waals surface area contributed by atoms with Crippen molar-refractivity contribution >= 4 is 0 Å². The lowest BCUT2D eigenvalue weighted by Crippen LogP contribution is -2.36. The normalized spacial score (nSPS) is 13.6. The first-order valence-corrected chi connectivity index (χ1v) is 53.4. The average molecular weight is 1940 g/mol. The van der Waals surface area contributed by atoms with Gasteiger partial charge in [-0.05, 0) is 279 Å². The number of alkyl halides is 6. The first kappa shape index (κ1) is 129. The van der Waals surface area contributed by atoms with Crippen LogP contribution in [-0.4, -0.2) is 12.4 Å². The predicted octanol–water partition coefficient (Wildman–Crippen LogP) is 43.6. The third kappa shape index (κ3) is 44.1. The monoisotopic (exact) mass is 1930 g/mol. The van der Waals surface area contributed by atoms with E-state index in [9.17, 15) is 26.3 Å². The number of rotatable bonds is 17. The van der Waals surface area contributed by atoms with Crippen LogP contribution in [0.2, 0.25) is 0 Å². The quantitative estimate of drug-likeness (QED) is 0.0797. The molecule has 0 fully saturated rings. The van der Waals surface area contributed by atoms with E-state index in [0.717, 1.165) is 69.1 Å². The van der Waals surface area contributed by atoms with Crippen molar-refractivity contribution in [3.05, 3.63) is 244 Å². The van der Waals surface area contributed by atoms with E-state index >= 15 is 0 Å². The molecule has 0 unspecified atom stereocenters. The third-order valence-corrected chi connectivity index (χ3v) is 25.8. The first-order valence-electron chi connectivity index (χ1n) is 54.4. The van der Waals surface area contributed by atoms with Crippen LogP contribution in [0.5, 0.6) is 0 Å². The highest BCUT2D eigenvalue weighted by Gasteiger charge is 2.50. The molecule has 0 atom stereocenters. The van der Waals surface area contributed by atoms with Crippen molar-refractivity contribution in [3.8, 4) is 0 Å². The van der Waals surface area contributed by atoms with Gasteiger partial charge in [0.05, 0.1) is 10.8 Å². The van der Waals surface area contributed by atoms with Crippen LogP contribution in [-0.2, 0) is 87.3 Å². The summed E-state index contributed by atoms with van der Waals surface area (Å²) in [7, 11) is 0. The molecule has 0 heterocycles. The zero-order valence-electron chi connectivity index (χ0n) is 104. The molecule has 0 nitrogen and oxygen atoms in total. The van der Waals surface area contributed by atoms with Gasteiger partial charge in [-0.3, -0.25) is 0 Å². The summed E-state index contributed by atoms with van der Waals surface area (Å²) in [5.74, 6) is 3.16. The summed E-state index contributed by atoms with van der Waals surface area (Å²) in [6.45, 7) is 128. The van der Waals surface area contributed by atoms with Crippen LogP contribution in [0.15, 0.2) is 121 Å². The third-order valence-electron chi connectivity index (χ3n) is 25.8. The van der Waals surface area contributed by atoms with Gasteiger partial charge in [-0.25, -0.2) is 0 Å². The lowest BCUT2D eigenvalue weighted by Gasteiger charge is -2.36. The van der Waals surface area contributed by atoms with Gasteiger partial charge in [0.15, 0.2) is 0 Å². The summed E-state index contributed by atoms with van der Waals surface area (Å²) in [5, 5.41) is 0. The molecule has 139 heavy (non-hydrogen) atoms. The Morgan fingerprint density at radius 2 is 0.424 bits per heavy atom. The molecule has 7 aromatic rings. The summed E-state index contributed by atoms with van der Waals surface area (Å²) in [6, 6.07) is 43.1. The summed E-state index contributed by atoms with van der Waals surface area (Å²) < 4.78 is 96.6. The highest BCUT2D eigenvalue weighted by Crippen LogP contribution is 2.49. The van der Waals surface area contributed by atoms with Crippen LogP contribution < -0.4 is 0 Å². The van der Waals surface area contributed by atoms with Gasteiger partial charge in [-0.1, -0.05) is 536 Å². The Hall–Kier alpha value is -5.88. The highest BCUT2D eigenvalue weighted by molar-refractivity contribution is 5.51. The van der Waals surface area contributed by atoms with Crippen molar-refractivity contribution in [2.75, 3.05) is 0 Å². The Morgan fingerprint density at radius 3 is 0.619 bits per heavy atom. The number of hydrogen-bond acceptors (Lipinski definition) is 0. The molecule has 0 spiro atoms. The molecule has 7 aromatic carbocycles. The van der Waals surface area contributed by atoms with Gasteiger partial charge in [0.2, 0.25) is 0 Å². The maximum atomic E-state index is 13.3. The molecule has 794 valence electrons. The fourth-order valence-electron chi connectivity index (χ4n) is 19.0. The van der Waals surface area contributed by atoms with Crippen molar-refractivity contribution < 1.29 is 29.1 Å². The molecule has 0 saturated heterocycles. The van der Waals surface area contributed by atoms with Gasteiger partial charge in [-0.15, -0.1) is 0 Å². The fraction of sp³-hybridized carbons (Fsp3) is 0.684. The van der Waals surface area contributed by atoms with E-state index in [0.29, 0.717) is 62.5 Å². The fourth-order valence-corrected chi connectivity index (χ4v) is 19.0. The van der Waals surface area contributed by atoms with E-state index in [-0.39, 0.29) is 56.2 Å². The molecule has 0 aliphatic rings. The summed E-state index contributed by atoms with van der Waals surface area (Å²) in [4.78, 5) is 0. The molecule has 0 aliphatic heterocycles. The van der Waals surface area contributed by atoms with Crippen molar-refractivity contribution in [2.45, 2.75) is 556 Å². The molecular formula is C133H220F6. The minimum absolute atomic E-state index is 0.0530. The van der Waals surface area contributed by atoms with E-state index in [4.69, 9.17) is 2.74 Å². The Labute approximate surface area is 862 Å². The SMILES string of the molecule is CC(C)(C)Cc1cccc(CC(C)(C)C)c1C(C)(C)C.CC(C)(C)c1c(CC(C)(C)C(F)(F)F)cccc1CC(C)(C)C(F)(F)F.CC(C)(C)c1cccc(C(C)(C)C)c1C(C)(C)C.CC(C)Cc1cccc(CC(C)C)c1C(C)(C)C.CC(C)c1cc(C(C)C)c(C(C)(C)C)c(C(C)C)c1.CC(C)c1cccc(C(C)C)c1C(C)(C)C.CCC(C)(C)C.[2H]C(C)(C)c1cccc(C([2H])(C)C)c1C(C)(C)C. The van der Waals surface area contributed by atoms with Crippen molar-refractivity contribution in [2.24, 2.45) is 38.9 Å². The lowest BCUT2D eigenvalue weighted by atomic mass is 9.69. The maximum absolute atomic E-state index is 13.3. The van der Waals surface area contributed by atoms with Crippen molar-refractivity contribution in [1.82, 2.24) is 0 Å². The van der Waals surface area contributed by atoms with Gasteiger partial charge in [0.25, 0.3) is 0 Å². The van der Waals surface area contributed by atoms with Gasteiger partial charge in [0.1, 0.15) is 0 Å². The Bertz CT molecular complexity index is 4610. The zero-order chi connectivity index (χ0) is 112. The molecule has 0 radical (unpaired) electrons. The molecule has 0 bridgehead atoms. The minimum atomic E-state index is -4.40. The highest BCUT2D eigenvalue weighted by atomic mass is 19.4. The summed E-state index contributed by atoms with van der Waals surface area (Å²) in [5.41, 5.74) is 27.4. The molecule has 0 aliphatic carbocycles.